The number of nitrogens with zero attached hydrogens (tertiary/aromatic N) is 2. The molecule has 45 heavy (non-hydrogen) atoms. The normalized spacial score (nSPS) is 11.7. The highest BCUT2D eigenvalue weighted by Crippen LogP contribution is 2.22. The Kier molecular flexibility index (Phi) is 11.4. The summed E-state index contributed by atoms with van der Waals surface area (Å²) < 4.78 is 0. The van der Waals surface area contributed by atoms with Gasteiger partial charge in [0, 0.05) is 86.4 Å². The zero-order valence-electron chi connectivity index (χ0n) is 26.0. The SMILES string of the molecule is CCNC(=NC)NCCNC(=O)c1ccc2[nH]c(C(=O)Nc3ccc4[nH]c(C(=O)NCCNC(=NC)NCC)cc4c3)cc2c1. The maximum absolute atomic E-state index is 13.1. The zero-order valence-corrected chi connectivity index (χ0v) is 26.0. The van der Waals surface area contributed by atoms with Crippen molar-refractivity contribution in [2.24, 2.45) is 9.98 Å². The number of aromatic nitrogens is 2. The third-order valence-electron chi connectivity index (χ3n) is 6.79. The van der Waals surface area contributed by atoms with Crippen LogP contribution < -0.4 is 37.2 Å². The number of fused-ring (bicyclic) bond motifs is 2. The number of hydrogen-bond acceptors (Lipinski definition) is 5. The molecule has 2 aromatic heterocycles. The van der Waals surface area contributed by atoms with Gasteiger partial charge in [-0.25, -0.2) is 0 Å². The first-order chi connectivity index (χ1) is 21.8. The summed E-state index contributed by atoms with van der Waals surface area (Å²) in [5, 5.41) is 22.6. The second-order valence-corrected chi connectivity index (χ2v) is 9.99. The van der Waals surface area contributed by atoms with E-state index < -0.39 is 0 Å². The summed E-state index contributed by atoms with van der Waals surface area (Å²) in [5.74, 6) is 0.578. The molecule has 0 saturated heterocycles. The largest absolute Gasteiger partial charge is 0.357 e. The summed E-state index contributed by atoms with van der Waals surface area (Å²) in [6.07, 6.45) is 0. The molecule has 4 aromatic rings. The van der Waals surface area contributed by atoms with E-state index in [1.54, 1.807) is 56.6 Å². The van der Waals surface area contributed by atoms with Gasteiger partial charge < -0.3 is 47.2 Å². The molecule has 2 aromatic carbocycles. The van der Waals surface area contributed by atoms with Crippen molar-refractivity contribution in [2.75, 3.05) is 58.7 Å². The lowest BCUT2D eigenvalue weighted by Crippen LogP contribution is -2.41. The highest BCUT2D eigenvalue weighted by molar-refractivity contribution is 6.08. The maximum atomic E-state index is 13.1. The molecule has 238 valence electrons. The molecular weight excluding hydrogens is 574 g/mol. The van der Waals surface area contributed by atoms with Crippen LogP contribution in [0.2, 0.25) is 0 Å². The summed E-state index contributed by atoms with van der Waals surface area (Å²) in [7, 11) is 3.38. The number of nitrogens with one attached hydrogen (secondary N) is 9. The van der Waals surface area contributed by atoms with Crippen LogP contribution in [-0.4, -0.2) is 93.0 Å². The number of amides is 3. The van der Waals surface area contributed by atoms with Gasteiger partial charge in [-0.15, -0.1) is 0 Å². The van der Waals surface area contributed by atoms with E-state index in [4.69, 9.17) is 0 Å². The van der Waals surface area contributed by atoms with E-state index >= 15 is 0 Å². The fraction of sp³-hybridized carbons (Fsp3) is 0.323. The number of guanidine groups is 2. The van der Waals surface area contributed by atoms with Crippen molar-refractivity contribution in [3.05, 3.63) is 65.5 Å². The highest BCUT2D eigenvalue weighted by Gasteiger charge is 2.14. The van der Waals surface area contributed by atoms with Gasteiger partial charge in [-0.2, -0.15) is 0 Å². The molecule has 0 radical (unpaired) electrons. The first-order valence-corrected chi connectivity index (χ1v) is 14.9. The Balaban J connectivity index is 1.32. The third-order valence-corrected chi connectivity index (χ3v) is 6.79. The lowest BCUT2D eigenvalue weighted by Gasteiger charge is -2.10. The average molecular weight is 616 g/mol. The Morgan fingerprint density at radius 3 is 1.69 bits per heavy atom. The van der Waals surface area contributed by atoms with Gasteiger partial charge in [0.05, 0.1) is 0 Å². The second kappa shape index (κ2) is 15.8. The van der Waals surface area contributed by atoms with Crippen molar-refractivity contribution in [2.45, 2.75) is 13.8 Å². The van der Waals surface area contributed by atoms with Gasteiger partial charge in [-0.3, -0.25) is 24.4 Å². The summed E-state index contributed by atoms with van der Waals surface area (Å²) in [5.41, 5.74) is 3.35. The number of benzene rings is 2. The van der Waals surface area contributed by atoms with Crippen LogP contribution in [0.3, 0.4) is 0 Å². The van der Waals surface area contributed by atoms with Gasteiger partial charge in [0.1, 0.15) is 11.4 Å². The van der Waals surface area contributed by atoms with Gasteiger partial charge in [-0.1, -0.05) is 0 Å². The number of anilines is 1. The minimum absolute atomic E-state index is 0.210. The van der Waals surface area contributed by atoms with Crippen molar-refractivity contribution in [1.29, 1.82) is 0 Å². The van der Waals surface area contributed by atoms with Crippen LogP contribution in [0, 0.1) is 0 Å². The van der Waals surface area contributed by atoms with Crippen LogP contribution in [0.15, 0.2) is 58.5 Å². The highest BCUT2D eigenvalue weighted by atomic mass is 16.2. The molecule has 0 aliphatic rings. The Labute approximate surface area is 261 Å². The van der Waals surface area contributed by atoms with Crippen molar-refractivity contribution in [3.63, 3.8) is 0 Å². The number of H-pyrrole nitrogens is 2. The monoisotopic (exact) mass is 615 g/mol. The van der Waals surface area contributed by atoms with E-state index in [1.165, 1.54) is 0 Å². The van der Waals surface area contributed by atoms with Gasteiger partial charge in [-0.05, 0) is 62.4 Å². The van der Waals surface area contributed by atoms with Gasteiger partial charge in [0.25, 0.3) is 17.7 Å². The number of carbonyl (C=O) groups excluding carboxylic acids is 3. The summed E-state index contributed by atoms with van der Waals surface area (Å²) in [6, 6.07) is 14.1. The molecule has 3 amide bonds. The molecule has 9 N–H and O–H groups in total. The standard InChI is InChI=1S/C31H41N11O3/c1-5-34-30(32-3)38-13-11-36-27(43)19-7-9-23-20(15-19)17-26(42-23)29(45)40-22-8-10-24-21(16-22)18-25(41-24)28(44)37-12-14-39-31(33-4)35-6-2/h7-10,15-18,41-42H,5-6,11-14H2,1-4H3,(H,36,43)(H,37,44)(H,40,45)(H2,32,34,38)(H2,33,35,39). The molecule has 4 rings (SSSR count). The number of aromatic amines is 2. The minimum Gasteiger partial charge on any atom is -0.357 e. The lowest BCUT2D eigenvalue weighted by atomic mass is 10.1. The van der Waals surface area contributed by atoms with E-state index in [0.717, 1.165) is 34.9 Å². The van der Waals surface area contributed by atoms with Crippen LogP contribution in [-0.2, 0) is 0 Å². The first kappa shape index (κ1) is 32.4. The molecule has 0 spiro atoms. The van der Waals surface area contributed by atoms with Crippen LogP contribution >= 0.6 is 0 Å². The first-order valence-electron chi connectivity index (χ1n) is 14.9. The molecule has 0 unspecified atom stereocenters. The number of carbonyl (C=O) groups is 3. The lowest BCUT2D eigenvalue weighted by molar-refractivity contribution is 0.0944. The second-order valence-electron chi connectivity index (χ2n) is 9.99. The predicted octanol–water partition coefficient (Wildman–Crippen LogP) is 1.73. The number of hydrogen-bond donors (Lipinski definition) is 9. The van der Waals surface area contributed by atoms with E-state index in [-0.39, 0.29) is 17.7 Å². The van der Waals surface area contributed by atoms with Gasteiger partial charge in [0.2, 0.25) is 0 Å². The molecule has 0 fully saturated rings. The molecule has 0 aliphatic carbocycles. The number of rotatable bonds is 12. The smallest absolute Gasteiger partial charge is 0.272 e. The molecule has 2 heterocycles. The molecule has 14 nitrogen and oxygen atoms in total. The van der Waals surface area contributed by atoms with E-state index in [9.17, 15) is 14.4 Å². The minimum atomic E-state index is -0.328. The van der Waals surface area contributed by atoms with Crippen LogP contribution in [0.25, 0.3) is 21.8 Å². The summed E-state index contributed by atoms with van der Waals surface area (Å²) in [4.78, 5) is 52.8. The summed E-state index contributed by atoms with van der Waals surface area (Å²) >= 11 is 0. The van der Waals surface area contributed by atoms with Crippen LogP contribution in [0.5, 0.6) is 0 Å². The van der Waals surface area contributed by atoms with Crippen LogP contribution in [0.1, 0.15) is 45.2 Å². The van der Waals surface area contributed by atoms with Crippen molar-refractivity contribution >= 4 is 57.1 Å². The quantitative estimate of drug-likeness (QED) is 0.0658. The Bertz CT molecular complexity index is 1700. The third kappa shape index (κ3) is 8.75. The Morgan fingerprint density at radius 2 is 1.11 bits per heavy atom. The zero-order chi connectivity index (χ0) is 32.2. The molecule has 0 saturated carbocycles. The Hall–Kier alpha value is -5.53. The van der Waals surface area contributed by atoms with Gasteiger partial charge in [0.15, 0.2) is 11.9 Å². The molecular formula is C31H41N11O3. The maximum Gasteiger partial charge on any atom is 0.272 e. The molecule has 0 aliphatic heterocycles. The van der Waals surface area contributed by atoms with Gasteiger partial charge >= 0.3 is 0 Å². The van der Waals surface area contributed by atoms with E-state index in [1.807, 2.05) is 19.9 Å². The number of aliphatic imine (C=N–C) groups is 2. The van der Waals surface area contributed by atoms with Crippen molar-refractivity contribution in [3.8, 4) is 0 Å². The average Bonchev–Trinajstić information content (AvgIpc) is 3.68. The van der Waals surface area contributed by atoms with E-state index in [0.29, 0.717) is 60.7 Å². The molecule has 0 bridgehead atoms. The fourth-order valence-electron chi connectivity index (χ4n) is 4.61. The van der Waals surface area contributed by atoms with Crippen molar-refractivity contribution < 1.29 is 14.4 Å². The predicted molar refractivity (Wildman–Crippen MR) is 179 cm³/mol. The van der Waals surface area contributed by atoms with Crippen LogP contribution in [0.4, 0.5) is 5.69 Å². The van der Waals surface area contributed by atoms with E-state index in [2.05, 4.69) is 57.2 Å². The topological polar surface area (TPSA) is 192 Å². The molecule has 0 atom stereocenters. The molecule has 14 heteroatoms. The fourth-order valence-corrected chi connectivity index (χ4v) is 4.61. The van der Waals surface area contributed by atoms with Crippen molar-refractivity contribution in [1.82, 2.24) is 41.9 Å². The summed E-state index contributed by atoms with van der Waals surface area (Å²) in [6.45, 7) is 7.34. The Morgan fingerprint density at radius 1 is 0.600 bits per heavy atom.